The first-order valence-corrected chi connectivity index (χ1v) is 9.97. The van der Waals surface area contributed by atoms with E-state index in [1.807, 2.05) is 0 Å². The van der Waals surface area contributed by atoms with Gasteiger partial charge in [0.05, 0.1) is 6.04 Å². The molecule has 5 N–H and O–H groups in total. The molecule has 2 rings (SSSR count). The second-order valence-corrected chi connectivity index (χ2v) is 7.30. The molecule has 2 unspecified atom stereocenters. The summed E-state index contributed by atoms with van der Waals surface area (Å²) in [6.45, 7) is 0.569. The predicted octanol–water partition coefficient (Wildman–Crippen LogP) is 2.87. The summed E-state index contributed by atoms with van der Waals surface area (Å²) in [5.74, 6) is 2.14. The number of likely N-dealkylation sites (tertiary alicyclic amines) is 1. The Bertz CT molecular complexity index is 710. The molecule has 1 amide bonds. The van der Waals surface area contributed by atoms with Crippen LogP contribution in [0.3, 0.4) is 0 Å². The maximum atomic E-state index is 14.4. The van der Waals surface area contributed by atoms with E-state index in [4.69, 9.17) is 11.6 Å². The van der Waals surface area contributed by atoms with Crippen molar-refractivity contribution in [1.82, 2.24) is 4.90 Å². The number of carbonyl (C=O) groups is 1. The number of benzene rings is 1. The minimum Gasteiger partial charge on any atom is -0.386 e. The average molecular weight is 408 g/mol. The number of aliphatic hydroxyl groups is 1. The van der Waals surface area contributed by atoms with Crippen molar-refractivity contribution in [2.45, 2.75) is 63.0 Å². The van der Waals surface area contributed by atoms with Crippen molar-refractivity contribution >= 4 is 11.7 Å². The average Bonchev–Trinajstić information content (AvgIpc) is 3.08. The van der Waals surface area contributed by atoms with Gasteiger partial charge in [-0.05, 0) is 19.3 Å². The van der Waals surface area contributed by atoms with Crippen LogP contribution in [0.1, 0.15) is 50.5 Å². The van der Waals surface area contributed by atoms with Crippen molar-refractivity contribution in [3.8, 4) is 0 Å². The number of hydrogen-bond acceptors (Lipinski definition) is 4. The van der Waals surface area contributed by atoms with Gasteiger partial charge in [-0.1, -0.05) is 55.3 Å². The van der Waals surface area contributed by atoms with Crippen LogP contribution in [-0.4, -0.2) is 40.4 Å². The highest BCUT2D eigenvalue weighted by Gasteiger charge is 2.39. The van der Waals surface area contributed by atoms with Crippen LogP contribution in [0.5, 0.6) is 0 Å². The number of amidine groups is 1. The summed E-state index contributed by atoms with van der Waals surface area (Å²) in [5, 5.41) is 13.4. The molecule has 0 aromatic heterocycles. The van der Waals surface area contributed by atoms with Gasteiger partial charge in [0, 0.05) is 24.9 Å². The fourth-order valence-electron chi connectivity index (χ4n) is 3.44. The Morgan fingerprint density at radius 1 is 1.28 bits per heavy atom. The van der Waals surface area contributed by atoms with Gasteiger partial charge in [-0.25, -0.2) is 0 Å². The van der Waals surface area contributed by atoms with Crippen LogP contribution in [0.2, 0.25) is 0 Å². The van der Waals surface area contributed by atoms with Gasteiger partial charge in [-0.15, -0.1) is 0 Å². The van der Waals surface area contributed by atoms with Crippen LogP contribution in [0.15, 0.2) is 47.6 Å². The molecule has 1 saturated heterocycles. The number of halogens is 2. The number of alkyl halides is 2. The monoisotopic (exact) mass is 408 g/mol. The molecule has 6 nitrogen and oxygen atoms in total. The highest BCUT2D eigenvalue weighted by Crippen LogP contribution is 2.32. The molecule has 0 aliphatic carbocycles. The summed E-state index contributed by atoms with van der Waals surface area (Å²) in [6.07, 6.45) is 5.88. The molecule has 29 heavy (non-hydrogen) atoms. The topological polar surface area (TPSA) is 105 Å². The third kappa shape index (κ3) is 6.52. The molecule has 2 atom stereocenters. The Morgan fingerprint density at radius 2 is 1.97 bits per heavy atom. The largest absolute Gasteiger partial charge is 0.386 e. The first-order valence-electron chi connectivity index (χ1n) is 9.97. The SMILES string of the molecule is N/N=C(\N)CCCCCCN1C(=O)CCC1/C=C/C(O)C(F)(F)c1ccccc1. The van der Waals surface area contributed by atoms with Gasteiger partial charge >= 0.3 is 5.92 Å². The van der Waals surface area contributed by atoms with Gasteiger partial charge < -0.3 is 21.6 Å². The first-order chi connectivity index (χ1) is 13.9. The maximum Gasteiger partial charge on any atom is 0.302 e. The molecule has 0 saturated carbocycles. The smallest absolute Gasteiger partial charge is 0.302 e. The molecular weight excluding hydrogens is 378 g/mol. The quantitative estimate of drug-likeness (QED) is 0.131. The van der Waals surface area contributed by atoms with Crippen LogP contribution >= 0.6 is 0 Å². The molecule has 1 heterocycles. The summed E-state index contributed by atoms with van der Waals surface area (Å²) >= 11 is 0. The van der Waals surface area contributed by atoms with Crippen LogP contribution in [-0.2, 0) is 10.7 Å². The second-order valence-electron chi connectivity index (χ2n) is 7.30. The number of aliphatic hydroxyl groups excluding tert-OH is 1. The Kier molecular flexibility index (Phi) is 8.57. The molecule has 0 spiro atoms. The molecule has 1 aliphatic heterocycles. The molecule has 1 aliphatic rings. The third-order valence-corrected chi connectivity index (χ3v) is 5.17. The minimum atomic E-state index is -3.39. The Labute approximate surface area is 170 Å². The Hall–Kier alpha value is -2.48. The van der Waals surface area contributed by atoms with Crippen LogP contribution in [0.25, 0.3) is 0 Å². The van der Waals surface area contributed by atoms with Crippen molar-refractivity contribution in [3.63, 3.8) is 0 Å². The van der Waals surface area contributed by atoms with E-state index in [2.05, 4.69) is 5.10 Å². The summed E-state index contributed by atoms with van der Waals surface area (Å²) < 4.78 is 28.8. The van der Waals surface area contributed by atoms with E-state index in [0.29, 0.717) is 31.6 Å². The number of amides is 1. The molecule has 0 bridgehead atoms. The molecule has 1 fully saturated rings. The first kappa shape index (κ1) is 22.8. The number of nitrogens with two attached hydrogens (primary N) is 2. The zero-order valence-corrected chi connectivity index (χ0v) is 16.5. The van der Waals surface area contributed by atoms with Crippen molar-refractivity contribution in [2.75, 3.05) is 6.54 Å². The van der Waals surface area contributed by atoms with Crippen molar-refractivity contribution in [1.29, 1.82) is 0 Å². The van der Waals surface area contributed by atoms with E-state index in [1.54, 1.807) is 11.0 Å². The molecule has 8 heteroatoms. The fraction of sp³-hybridized carbons (Fsp3) is 0.524. The molecule has 1 aromatic rings. The minimum absolute atomic E-state index is 0.0171. The standard InChI is InChI=1S/C21H30F2N4O2/c22-21(23,16-8-4-3-5-9-16)18(28)13-11-17-12-14-20(29)27(17)15-7-2-1-6-10-19(24)26-25/h3-5,8-9,11,13,17-18,28H,1-2,6-7,10,12,14-15,25H2,(H2,24,26)/b13-11+. The van der Waals surface area contributed by atoms with Gasteiger partial charge in [0.25, 0.3) is 0 Å². The molecule has 0 radical (unpaired) electrons. The van der Waals surface area contributed by atoms with Crippen molar-refractivity contribution < 1.29 is 18.7 Å². The predicted molar refractivity (Wildman–Crippen MR) is 109 cm³/mol. The lowest BCUT2D eigenvalue weighted by Crippen LogP contribution is -2.34. The molecule has 160 valence electrons. The third-order valence-electron chi connectivity index (χ3n) is 5.17. The molecular formula is C21H30F2N4O2. The maximum absolute atomic E-state index is 14.4. The second kappa shape index (κ2) is 10.9. The highest BCUT2D eigenvalue weighted by atomic mass is 19.3. The number of hydrogen-bond donors (Lipinski definition) is 3. The van der Waals surface area contributed by atoms with E-state index in [0.717, 1.165) is 31.8 Å². The summed E-state index contributed by atoms with van der Waals surface area (Å²) in [4.78, 5) is 13.8. The number of carbonyl (C=O) groups excluding carboxylic acids is 1. The normalized spacial score (nSPS) is 19.3. The summed E-state index contributed by atoms with van der Waals surface area (Å²) in [6, 6.07) is 6.97. The van der Waals surface area contributed by atoms with Crippen LogP contribution in [0.4, 0.5) is 8.78 Å². The van der Waals surface area contributed by atoms with E-state index < -0.39 is 12.0 Å². The molecule has 1 aromatic carbocycles. The fourth-order valence-corrected chi connectivity index (χ4v) is 3.44. The van der Waals surface area contributed by atoms with Gasteiger partial charge in [0.15, 0.2) is 0 Å². The van der Waals surface area contributed by atoms with Gasteiger partial charge in [-0.3, -0.25) is 4.79 Å². The van der Waals surface area contributed by atoms with E-state index in [-0.39, 0.29) is 17.5 Å². The number of unbranched alkanes of at least 4 members (excludes halogenated alkanes) is 3. The number of rotatable bonds is 11. The summed E-state index contributed by atoms with van der Waals surface area (Å²) in [5.41, 5.74) is 5.30. The zero-order valence-electron chi connectivity index (χ0n) is 16.5. The highest BCUT2D eigenvalue weighted by molar-refractivity contribution is 5.80. The van der Waals surface area contributed by atoms with Gasteiger partial charge in [-0.2, -0.15) is 13.9 Å². The summed E-state index contributed by atoms with van der Waals surface area (Å²) in [7, 11) is 0. The van der Waals surface area contributed by atoms with Crippen molar-refractivity contribution in [2.24, 2.45) is 16.7 Å². The van der Waals surface area contributed by atoms with Crippen LogP contribution in [0, 0.1) is 0 Å². The van der Waals surface area contributed by atoms with E-state index >= 15 is 0 Å². The lowest BCUT2D eigenvalue weighted by molar-refractivity contribution is -0.128. The lowest BCUT2D eigenvalue weighted by Gasteiger charge is -2.24. The van der Waals surface area contributed by atoms with Crippen LogP contribution < -0.4 is 11.6 Å². The number of hydrazone groups is 1. The van der Waals surface area contributed by atoms with E-state index in [1.165, 1.54) is 30.3 Å². The van der Waals surface area contributed by atoms with Gasteiger partial charge in [0.2, 0.25) is 5.91 Å². The van der Waals surface area contributed by atoms with Gasteiger partial charge in [0.1, 0.15) is 11.9 Å². The Morgan fingerprint density at radius 3 is 2.66 bits per heavy atom. The number of nitrogens with zero attached hydrogens (tertiary/aromatic N) is 2. The Balaban J connectivity index is 1.84. The lowest BCUT2D eigenvalue weighted by atomic mass is 10.0. The zero-order chi connectivity index (χ0) is 21.3. The van der Waals surface area contributed by atoms with Crippen molar-refractivity contribution in [3.05, 3.63) is 48.0 Å². The van der Waals surface area contributed by atoms with E-state index in [9.17, 15) is 18.7 Å².